The number of nitrogens with one attached hydrogen (secondary N) is 2. The lowest BCUT2D eigenvalue weighted by atomic mass is 10.0. The number of esters is 1. The molecule has 0 aliphatic carbocycles. The summed E-state index contributed by atoms with van der Waals surface area (Å²) in [5, 5.41) is 5.57. The first-order valence-electron chi connectivity index (χ1n) is 12.6. The van der Waals surface area contributed by atoms with Crippen LogP contribution in [0.25, 0.3) is 22.0 Å². The van der Waals surface area contributed by atoms with E-state index in [0.717, 1.165) is 22.0 Å². The first-order chi connectivity index (χ1) is 20.2. The molecule has 0 saturated heterocycles. The second-order valence-electron chi connectivity index (χ2n) is 8.90. The first-order valence-corrected chi connectivity index (χ1v) is 14.9. The van der Waals surface area contributed by atoms with E-state index in [4.69, 9.17) is 32.7 Å². The molecular weight excluding hydrogens is 709 g/mol. The summed E-state index contributed by atoms with van der Waals surface area (Å²) in [5.74, 6) is -0.255. The molecule has 0 bridgehead atoms. The van der Waals surface area contributed by atoms with Crippen LogP contribution in [0.3, 0.4) is 0 Å². The summed E-state index contributed by atoms with van der Waals surface area (Å²) in [5.41, 5.74) is 5.84. The van der Waals surface area contributed by atoms with Gasteiger partial charge in [-0.2, -0.15) is 5.10 Å². The van der Waals surface area contributed by atoms with Gasteiger partial charge in [-0.3, -0.25) is 4.79 Å². The van der Waals surface area contributed by atoms with Gasteiger partial charge in [0.15, 0.2) is 5.75 Å². The van der Waals surface area contributed by atoms with Crippen molar-refractivity contribution in [2.45, 2.75) is 6.92 Å². The normalized spacial score (nSPS) is 11.2. The molecular formula is C31H21Br2Cl2N3O4. The fourth-order valence-corrected chi connectivity index (χ4v) is 6.13. The van der Waals surface area contributed by atoms with Crippen molar-refractivity contribution >= 4 is 84.1 Å². The minimum absolute atomic E-state index is 0.145. The number of aromatic nitrogens is 1. The summed E-state index contributed by atoms with van der Waals surface area (Å²) in [4.78, 5) is 29.6. The lowest BCUT2D eigenvalue weighted by Gasteiger charge is -2.11. The Kier molecular flexibility index (Phi) is 9.33. The molecule has 1 amide bonds. The van der Waals surface area contributed by atoms with Gasteiger partial charge in [-0.25, -0.2) is 10.2 Å². The van der Waals surface area contributed by atoms with Crippen LogP contribution in [-0.2, 0) is 0 Å². The molecule has 42 heavy (non-hydrogen) atoms. The minimum atomic E-state index is -0.685. The maximum Gasteiger partial charge on any atom is 0.345 e. The summed E-state index contributed by atoms with van der Waals surface area (Å²) in [7, 11) is 0. The number of hydrogen-bond donors (Lipinski definition) is 2. The highest BCUT2D eigenvalue weighted by Gasteiger charge is 2.21. The van der Waals surface area contributed by atoms with Gasteiger partial charge in [0, 0.05) is 31.5 Å². The Morgan fingerprint density at radius 1 is 1.00 bits per heavy atom. The number of benzene rings is 4. The predicted octanol–water partition coefficient (Wildman–Crippen LogP) is 9.05. The molecule has 0 aliphatic rings. The molecule has 0 saturated carbocycles. The van der Waals surface area contributed by atoms with Crippen molar-refractivity contribution in [1.82, 2.24) is 10.4 Å². The Morgan fingerprint density at radius 3 is 2.52 bits per heavy atom. The summed E-state index contributed by atoms with van der Waals surface area (Å²) >= 11 is 19.0. The largest absolute Gasteiger partial charge is 0.494 e. The molecule has 2 N–H and O–H groups in total. The number of ether oxygens (including phenoxy) is 2. The fourth-order valence-electron chi connectivity index (χ4n) is 4.31. The minimum Gasteiger partial charge on any atom is -0.494 e. The Balaban J connectivity index is 1.45. The van der Waals surface area contributed by atoms with Crippen LogP contribution in [-0.4, -0.2) is 29.7 Å². The third-order valence-electron chi connectivity index (χ3n) is 6.12. The number of hydrazone groups is 1. The van der Waals surface area contributed by atoms with Gasteiger partial charge in [-0.1, -0.05) is 69.5 Å². The van der Waals surface area contributed by atoms with Crippen molar-refractivity contribution in [2.24, 2.45) is 5.10 Å². The molecule has 4 aromatic carbocycles. The monoisotopic (exact) mass is 727 g/mol. The van der Waals surface area contributed by atoms with Gasteiger partial charge in [-0.05, 0) is 76.9 Å². The number of carbonyl (C=O) groups is 2. The summed E-state index contributed by atoms with van der Waals surface area (Å²) in [6.45, 7) is 2.44. The zero-order valence-electron chi connectivity index (χ0n) is 21.9. The molecule has 1 aromatic heterocycles. The molecule has 11 heteroatoms. The van der Waals surface area contributed by atoms with Gasteiger partial charge < -0.3 is 14.5 Å². The van der Waals surface area contributed by atoms with Gasteiger partial charge in [-0.15, -0.1) is 0 Å². The van der Waals surface area contributed by atoms with Crippen LogP contribution in [0.4, 0.5) is 0 Å². The van der Waals surface area contributed by atoms with E-state index in [2.05, 4.69) is 47.4 Å². The standard InChI is InChI=1S/C31H21Br2Cl2N3O4/c1-2-41-21-9-11-26-23(15-21)27(17-6-4-3-5-7-17)28(37-26)30(39)38-36-16-18-12-19(32)13-24(33)29(18)42-31(40)22-10-8-20(34)14-25(22)35/h3-16,37H,2H2,1H3,(H,38,39). The van der Waals surface area contributed by atoms with Crippen LogP contribution in [0.15, 0.2) is 92.9 Å². The topological polar surface area (TPSA) is 92.8 Å². The van der Waals surface area contributed by atoms with Gasteiger partial charge in [0.1, 0.15) is 11.4 Å². The van der Waals surface area contributed by atoms with E-state index in [9.17, 15) is 9.59 Å². The van der Waals surface area contributed by atoms with Gasteiger partial charge in [0.2, 0.25) is 0 Å². The quantitative estimate of drug-likeness (QED) is 0.0722. The highest BCUT2D eigenvalue weighted by Crippen LogP contribution is 2.36. The van der Waals surface area contributed by atoms with E-state index < -0.39 is 11.9 Å². The first kappa shape index (κ1) is 29.8. The number of hydrogen-bond acceptors (Lipinski definition) is 5. The molecule has 0 atom stereocenters. The number of halogens is 4. The van der Waals surface area contributed by atoms with E-state index in [0.29, 0.717) is 37.6 Å². The van der Waals surface area contributed by atoms with Crippen molar-refractivity contribution in [2.75, 3.05) is 6.61 Å². The number of H-pyrrole nitrogens is 1. The molecule has 5 rings (SSSR count). The lowest BCUT2D eigenvalue weighted by Crippen LogP contribution is -2.19. The number of aromatic amines is 1. The third-order valence-corrected chi connectivity index (χ3v) is 7.72. The van der Waals surface area contributed by atoms with Crippen molar-refractivity contribution in [3.8, 4) is 22.6 Å². The molecule has 0 unspecified atom stereocenters. The summed E-state index contributed by atoms with van der Waals surface area (Å²) in [6.07, 6.45) is 1.39. The van der Waals surface area contributed by atoms with Crippen molar-refractivity contribution in [1.29, 1.82) is 0 Å². The number of rotatable bonds is 8. The molecule has 0 spiro atoms. The number of amides is 1. The van der Waals surface area contributed by atoms with Crippen molar-refractivity contribution in [3.63, 3.8) is 0 Å². The Hall–Kier alpha value is -3.63. The third kappa shape index (κ3) is 6.55. The van der Waals surface area contributed by atoms with E-state index in [-0.39, 0.29) is 16.3 Å². The maximum atomic E-state index is 13.4. The van der Waals surface area contributed by atoms with Crippen LogP contribution < -0.4 is 14.9 Å². The average molecular weight is 730 g/mol. The van der Waals surface area contributed by atoms with Crippen LogP contribution in [0.1, 0.15) is 33.3 Å². The van der Waals surface area contributed by atoms with Crippen LogP contribution in [0.5, 0.6) is 11.5 Å². The molecule has 0 aliphatic heterocycles. The van der Waals surface area contributed by atoms with E-state index in [1.165, 1.54) is 18.3 Å². The SMILES string of the molecule is CCOc1ccc2[nH]c(C(=O)NN=Cc3cc(Br)cc(Br)c3OC(=O)c3ccc(Cl)cc3Cl)c(-c3ccccc3)c2c1. The zero-order chi connectivity index (χ0) is 29.8. The van der Waals surface area contributed by atoms with Crippen LogP contribution in [0.2, 0.25) is 10.0 Å². The van der Waals surface area contributed by atoms with Crippen molar-refractivity contribution < 1.29 is 19.1 Å². The van der Waals surface area contributed by atoms with E-state index in [1.54, 1.807) is 18.2 Å². The second-order valence-corrected chi connectivity index (χ2v) is 11.5. The van der Waals surface area contributed by atoms with Gasteiger partial charge >= 0.3 is 5.97 Å². The molecule has 212 valence electrons. The summed E-state index contributed by atoms with van der Waals surface area (Å²) in [6, 6.07) is 23.1. The Morgan fingerprint density at radius 2 is 1.79 bits per heavy atom. The number of fused-ring (bicyclic) bond motifs is 1. The Bertz CT molecular complexity index is 1840. The number of carbonyl (C=O) groups excluding carboxylic acids is 2. The van der Waals surface area contributed by atoms with Gasteiger partial charge in [0.25, 0.3) is 5.91 Å². The maximum absolute atomic E-state index is 13.4. The average Bonchev–Trinajstić information content (AvgIpc) is 3.34. The smallest absolute Gasteiger partial charge is 0.345 e. The summed E-state index contributed by atoms with van der Waals surface area (Å²) < 4.78 is 12.5. The van der Waals surface area contributed by atoms with E-state index in [1.807, 2.05) is 55.5 Å². The fraction of sp³-hybridized carbons (Fsp3) is 0.0645. The second kappa shape index (κ2) is 13.1. The zero-order valence-corrected chi connectivity index (χ0v) is 26.6. The lowest BCUT2D eigenvalue weighted by molar-refractivity contribution is 0.0733. The molecule has 0 radical (unpaired) electrons. The van der Waals surface area contributed by atoms with Gasteiger partial charge in [0.05, 0.1) is 27.9 Å². The van der Waals surface area contributed by atoms with Crippen LogP contribution in [0, 0.1) is 0 Å². The number of nitrogens with zero attached hydrogens (tertiary/aromatic N) is 1. The Labute approximate surface area is 268 Å². The van der Waals surface area contributed by atoms with Crippen LogP contribution >= 0.6 is 55.1 Å². The molecule has 0 fully saturated rings. The van der Waals surface area contributed by atoms with E-state index >= 15 is 0 Å². The molecule has 5 aromatic rings. The highest BCUT2D eigenvalue weighted by molar-refractivity contribution is 9.11. The molecule has 1 heterocycles. The predicted molar refractivity (Wildman–Crippen MR) is 173 cm³/mol. The molecule has 7 nitrogen and oxygen atoms in total. The van der Waals surface area contributed by atoms with Crippen molar-refractivity contribution in [3.05, 3.63) is 115 Å². The highest BCUT2D eigenvalue weighted by atomic mass is 79.9.